The molecule has 3 unspecified atom stereocenters. The van der Waals surface area contributed by atoms with E-state index >= 15 is 0 Å². The van der Waals surface area contributed by atoms with Crippen LogP contribution in [0.3, 0.4) is 0 Å². The Labute approximate surface area is 118 Å². The number of likely N-dealkylation sites (tertiary alicyclic amines) is 1. The minimum absolute atomic E-state index is 0.0838. The highest BCUT2D eigenvalue weighted by Crippen LogP contribution is 2.20. The molecular formula is C15H33N3O. The van der Waals surface area contributed by atoms with Crippen LogP contribution in [0, 0.1) is 5.92 Å². The first kappa shape index (κ1) is 16.9. The molecule has 1 fully saturated rings. The van der Waals surface area contributed by atoms with Gasteiger partial charge < -0.3 is 10.8 Å². The maximum absolute atomic E-state index is 9.67. The van der Waals surface area contributed by atoms with Gasteiger partial charge in [0.15, 0.2) is 0 Å². The van der Waals surface area contributed by atoms with Crippen molar-refractivity contribution in [1.29, 1.82) is 0 Å². The van der Waals surface area contributed by atoms with Crippen molar-refractivity contribution in [3.05, 3.63) is 0 Å². The molecule has 4 nitrogen and oxygen atoms in total. The van der Waals surface area contributed by atoms with E-state index in [1.165, 1.54) is 6.42 Å². The molecule has 0 aromatic heterocycles. The standard InChI is InChI=1S/C15H33N3O/c1-5-17(6-2)13-7-8-18(10-13)15(11-19)14(16)9-12(3)4/h12-15,19H,5-11,16H2,1-4H3. The van der Waals surface area contributed by atoms with Crippen LogP contribution < -0.4 is 5.73 Å². The number of aliphatic hydroxyl groups excluding tert-OH is 1. The van der Waals surface area contributed by atoms with E-state index in [1.807, 2.05) is 0 Å². The summed E-state index contributed by atoms with van der Waals surface area (Å²) in [6, 6.07) is 0.846. The fourth-order valence-electron chi connectivity index (χ4n) is 3.33. The Hall–Kier alpha value is -0.160. The van der Waals surface area contributed by atoms with E-state index in [4.69, 9.17) is 5.73 Å². The number of likely N-dealkylation sites (N-methyl/N-ethyl adjacent to an activating group) is 1. The Kier molecular flexibility index (Phi) is 7.29. The zero-order valence-electron chi connectivity index (χ0n) is 13.2. The van der Waals surface area contributed by atoms with Crippen LogP contribution >= 0.6 is 0 Å². The van der Waals surface area contributed by atoms with Crippen molar-refractivity contribution in [2.75, 3.05) is 32.8 Å². The Morgan fingerprint density at radius 1 is 1.32 bits per heavy atom. The normalized spacial score (nSPS) is 24.3. The topological polar surface area (TPSA) is 52.7 Å². The van der Waals surface area contributed by atoms with Crippen LogP contribution in [0.5, 0.6) is 0 Å². The van der Waals surface area contributed by atoms with Crippen LogP contribution in [-0.4, -0.2) is 65.8 Å². The molecule has 0 aromatic carbocycles. The number of hydrogen-bond donors (Lipinski definition) is 2. The summed E-state index contributed by atoms with van der Waals surface area (Å²) in [4.78, 5) is 4.92. The van der Waals surface area contributed by atoms with Gasteiger partial charge in [0, 0.05) is 31.2 Å². The quantitative estimate of drug-likeness (QED) is 0.695. The molecule has 1 heterocycles. The van der Waals surface area contributed by atoms with Gasteiger partial charge in [-0.3, -0.25) is 9.80 Å². The van der Waals surface area contributed by atoms with Gasteiger partial charge in [0.05, 0.1) is 6.61 Å². The van der Waals surface area contributed by atoms with Gasteiger partial charge in [-0.05, 0) is 31.8 Å². The summed E-state index contributed by atoms with van der Waals surface area (Å²) in [5.41, 5.74) is 6.28. The highest BCUT2D eigenvalue weighted by molar-refractivity contribution is 4.90. The zero-order chi connectivity index (χ0) is 14.4. The van der Waals surface area contributed by atoms with E-state index in [0.717, 1.165) is 32.6 Å². The van der Waals surface area contributed by atoms with Crippen molar-refractivity contribution in [2.45, 2.75) is 58.7 Å². The van der Waals surface area contributed by atoms with E-state index in [9.17, 15) is 5.11 Å². The van der Waals surface area contributed by atoms with Gasteiger partial charge in [-0.25, -0.2) is 0 Å². The first-order valence-electron chi connectivity index (χ1n) is 7.87. The van der Waals surface area contributed by atoms with Gasteiger partial charge >= 0.3 is 0 Å². The second-order valence-corrected chi connectivity index (χ2v) is 6.20. The summed E-state index contributed by atoms with van der Waals surface area (Å²) < 4.78 is 0. The van der Waals surface area contributed by atoms with Crippen LogP contribution in [0.15, 0.2) is 0 Å². The van der Waals surface area contributed by atoms with Crippen molar-refractivity contribution in [1.82, 2.24) is 9.80 Å². The Balaban J connectivity index is 2.55. The summed E-state index contributed by atoms with van der Waals surface area (Å²) in [6.07, 6.45) is 2.18. The summed E-state index contributed by atoms with van der Waals surface area (Å²) in [6.45, 7) is 13.3. The van der Waals surface area contributed by atoms with Crippen LogP contribution in [0.4, 0.5) is 0 Å². The van der Waals surface area contributed by atoms with Crippen LogP contribution in [0.1, 0.15) is 40.5 Å². The van der Waals surface area contributed by atoms with E-state index < -0.39 is 0 Å². The van der Waals surface area contributed by atoms with Crippen molar-refractivity contribution in [3.63, 3.8) is 0 Å². The lowest BCUT2D eigenvalue weighted by molar-refractivity contribution is 0.108. The molecule has 114 valence electrons. The van der Waals surface area contributed by atoms with E-state index in [1.54, 1.807) is 0 Å². The van der Waals surface area contributed by atoms with Gasteiger partial charge in [0.1, 0.15) is 0 Å². The fourth-order valence-corrected chi connectivity index (χ4v) is 3.33. The molecular weight excluding hydrogens is 238 g/mol. The molecule has 19 heavy (non-hydrogen) atoms. The summed E-state index contributed by atoms with van der Waals surface area (Å²) in [7, 11) is 0. The molecule has 1 aliphatic rings. The van der Waals surface area contributed by atoms with Crippen molar-refractivity contribution < 1.29 is 5.11 Å². The third kappa shape index (κ3) is 4.71. The molecule has 0 saturated carbocycles. The first-order valence-corrected chi connectivity index (χ1v) is 7.87. The average molecular weight is 271 g/mol. The maximum atomic E-state index is 9.67. The van der Waals surface area contributed by atoms with E-state index in [0.29, 0.717) is 12.0 Å². The fraction of sp³-hybridized carbons (Fsp3) is 1.00. The van der Waals surface area contributed by atoms with Crippen molar-refractivity contribution in [3.8, 4) is 0 Å². The van der Waals surface area contributed by atoms with Crippen LogP contribution in [0.2, 0.25) is 0 Å². The molecule has 1 saturated heterocycles. The number of nitrogens with zero attached hydrogens (tertiary/aromatic N) is 2. The minimum atomic E-state index is 0.0838. The van der Waals surface area contributed by atoms with Gasteiger partial charge in [0.25, 0.3) is 0 Å². The summed E-state index contributed by atoms with van der Waals surface area (Å²) in [5.74, 6) is 0.588. The maximum Gasteiger partial charge on any atom is 0.0601 e. The second kappa shape index (κ2) is 8.20. The molecule has 0 radical (unpaired) electrons. The lowest BCUT2D eigenvalue weighted by Crippen LogP contribution is -2.50. The van der Waals surface area contributed by atoms with Crippen LogP contribution in [0.25, 0.3) is 0 Å². The molecule has 4 heteroatoms. The Bertz CT molecular complexity index is 244. The summed E-state index contributed by atoms with van der Waals surface area (Å²) in [5, 5.41) is 9.67. The molecule has 0 amide bonds. The molecule has 1 rings (SSSR count). The van der Waals surface area contributed by atoms with Gasteiger partial charge in [-0.2, -0.15) is 0 Å². The molecule has 0 bridgehead atoms. The second-order valence-electron chi connectivity index (χ2n) is 6.20. The lowest BCUT2D eigenvalue weighted by atomic mass is 9.98. The largest absolute Gasteiger partial charge is 0.395 e. The monoisotopic (exact) mass is 271 g/mol. The predicted molar refractivity (Wildman–Crippen MR) is 81.2 cm³/mol. The number of hydrogen-bond acceptors (Lipinski definition) is 4. The van der Waals surface area contributed by atoms with Crippen molar-refractivity contribution >= 4 is 0 Å². The van der Waals surface area contributed by atoms with Gasteiger partial charge in [0.2, 0.25) is 0 Å². The number of nitrogens with two attached hydrogens (primary N) is 1. The highest BCUT2D eigenvalue weighted by atomic mass is 16.3. The van der Waals surface area contributed by atoms with Gasteiger partial charge in [-0.1, -0.05) is 27.7 Å². The first-order chi connectivity index (χ1) is 9.03. The third-order valence-corrected chi connectivity index (χ3v) is 4.42. The molecule has 0 aromatic rings. The highest BCUT2D eigenvalue weighted by Gasteiger charge is 2.33. The molecule has 1 aliphatic heterocycles. The Morgan fingerprint density at radius 3 is 2.42 bits per heavy atom. The average Bonchev–Trinajstić information content (AvgIpc) is 2.80. The zero-order valence-corrected chi connectivity index (χ0v) is 13.2. The minimum Gasteiger partial charge on any atom is -0.395 e. The molecule has 3 atom stereocenters. The summed E-state index contributed by atoms with van der Waals surface area (Å²) >= 11 is 0. The smallest absolute Gasteiger partial charge is 0.0601 e. The predicted octanol–water partition coefficient (Wildman–Crippen LogP) is 1.14. The van der Waals surface area contributed by atoms with Crippen LogP contribution in [-0.2, 0) is 0 Å². The third-order valence-electron chi connectivity index (χ3n) is 4.42. The molecule has 3 N–H and O–H groups in total. The number of rotatable bonds is 8. The number of aliphatic hydroxyl groups is 1. The van der Waals surface area contributed by atoms with Crippen molar-refractivity contribution in [2.24, 2.45) is 11.7 Å². The lowest BCUT2D eigenvalue weighted by Gasteiger charge is -2.33. The molecule has 0 aliphatic carbocycles. The van der Waals surface area contributed by atoms with E-state index in [2.05, 4.69) is 37.5 Å². The van der Waals surface area contributed by atoms with E-state index in [-0.39, 0.29) is 18.7 Å². The SMILES string of the molecule is CCN(CC)C1CCN(C(CO)C(N)CC(C)C)C1. The Morgan fingerprint density at radius 2 is 1.95 bits per heavy atom. The molecule has 0 spiro atoms. The van der Waals surface area contributed by atoms with Gasteiger partial charge in [-0.15, -0.1) is 0 Å².